The number of carbonyl (C=O) groups excluding carboxylic acids is 1. The molecule has 0 saturated carbocycles. The van der Waals surface area contributed by atoms with Gasteiger partial charge < -0.3 is 5.11 Å². The molecule has 6 heteroatoms. The minimum Gasteiger partial charge on any atom is -0.481 e. The Morgan fingerprint density at radius 1 is 1.35 bits per heavy atom. The summed E-state index contributed by atoms with van der Waals surface area (Å²) >= 11 is 0. The summed E-state index contributed by atoms with van der Waals surface area (Å²) in [6, 6.07) is 5.11. The van der Waals surface area contributed by atoms with E-state index >= 15 is 0 Å². The molecule has 1 atom stereocenters. The number of non-ortho nitro benzene ring substituents is 1. The van der Waals surface area contributed by atoms with Crippen LogP contribution < -0.4 is 0 Å². The molecule has 0 amide bonds. The van der Waals surface area contributed by atoms with Gasteiger partial charge in [-0.25, -0.2) is 0 Å². The number of nitrogens with zero attached hydrogens (tertiary/aromatic N) is 1. The highest BCUT2D eigenvalue weighted by Gasteiger charge is 2.18. The second kappa shape index (κ2) is 5.20. The molecule has 1 unspecified atom stereocenters. The SMILES string of the molecule is CC(CC(=O)O)C(=O)c1ccc([N+](=O)[O-])cc1. The van der Waals surface area contributed by atoms with Crippen LogP contribution in [0.5, 0.6) is 0 Å². The molecule has 0 aliphatic rings. The molecule has 6 nitrogen and oxygen atoms in total. The summed E-state index contributed by atoms with van der Waals surface area (Å²) in [7, 11) is 0. The molecule has 0 aliphatic heterocycles. The molecule has 90 valence electrons. The lowest BCUT2D eigenvalue weighted by Gasteiger charge is -2.07. The van der Waals surface area contributed by atoms with E-state index in [9.17, 15) is 19.7 Å². The van der Waals surface area contributed by atoms with Crippen LogP contribution in [-0.4, -0.2) is 21.8 Å². The molecule has 1 aromatic carbocycles. The predicted molar refractivity (Wildman–Crippen MR) is 58.8 cm³/mol. The summed E-state index contributed by atoms with van der Waals surface area (Å²) < 4.78 is 0. The molecule has 0 heterocycles. The molecule has 0 bridgehead atoms. The van der Waals surface area contributed by atoms with Gasteiger partial charge in [0.2, 0.25) is 0 Å². The van der Waals surface area contributed by atoms with Crippen molar-refractivity contribution >= 4 is 17.4 Å². The lowest BCUT2D eigenvalue weighted by molar-refractivity contribution is -0.384. The number of hydrogen-bond donors (Lipinski definition) is 1. The van der Waals surface area contributed by atoms with E-state index < -0.39 is 16.8 Å². The largest absolute Gasteiger partial charge is 0.481 e. The van der Waals surface area contributed by atoms with Crippen LogP contribution in [0.2, 0.25) is 0 Å². The fraction of sp³-hybridized carbons (Fsp3) is 0.273. The third-order valence-electron chi connectivity index (χ3n) is 2.29. The standard InChI is InChI=1S/C11H11NO5/c1-7(6-10(13)14)11(15)8-2-4-9(5-3-8)12(16)17/h2-5,7H,6H2,1H3,(H,13,14). The Morgan fingerprint density at radius 2 is 1.88 bits per heavy atom. The average Bonchev–Trinajstić information content (AvgIpc) is 2.27. The summed E-state index contributed by atoms with van der Waals surface area (Å²) in [6.45, 7) is 1.51. The average molecular weight is 237 g/mol. The van der Waals surface area contributed by atoms with Gasteiger partial charge in [0.1, 0.15) is 0 Å². The van der Waals surface area contributed by atoms with Gasteiger partial charge in [0.25, 0.3) is 5.69 Å². The number of hydrogen-bond acceptors (Lipinski definition) is 4. The molecule has 0 aliphatic carbocycles. The van der Waals surface area contributed by atoms with Crippen molar-refractivity contribution in [1.29, 1.82) is 0 Å². The van der Waals surface area contributed by atoms with Crippen molar-refractivity contribution in [3.05, 3.63) is 39.9 Å². The highest BCUT2D eigenvalue weighted by molar-refractivity contribution is 5.99. The summed E-state index contributed by atoms with van der Waals surface area (Å²) in [6.07, 6.45) is -0.254. The molecule has 0 fully saturated rings. The van der Waals surface area contributed by atoms with E-state index in [1.54, 1.807) is 0 Å². The lowest BCUT2D eigenvalue weighted by atomic mass is 9.96. The van der Waals surface area contributed by atoms with Gasteiger partial charge in [-0.1, -0.05) is 6.92 Å². The molecule has 0 aromatic heterocycles. The molecule has 0 saturated heterocycles. The Bertz CT molecular complexity index is 451. The number of nitro benzene ring substituents is 1. The Morgan fingerprint density at radius 3 is 2.29 bits per heavy atom. The first-order valence-electron chi connectivity index (χ1n) is 4.92. The van der Waals surface area contributed by atoms with Gasteiger partial charge >= 0.3 is 5.97 Å². The van der Waals surface area contributed by atoms with Crippen molar-refractivity contribution in [2.45, 2.75) is 13.3 Å². The van der Waals surface area contributed by atoms with Crippen LogP contribution >= 0.6 is 0 Å². The van der Waals surface area contributed by atoms with E-state index in [0.717, 1.165) is 0 Å². The Labute approximate surface area is 97.0 Å². The molecule has 17 heavy (non-hydrogen) atoms. The third kappa shape index (κ3) is 3.37. The maximum Gasteiger partial charge on any atom is 0.304 e. The number of aliphatic carboxylic acids is 1. The van der Waals surface area contributed by atoms with E-state index in [0.29, 0.717) is 0 Å². The second-order valence-electron chi connectivity index (χ2n) is 3.67. The van der Waals surface area contributed by atoms with Gasteiger partial charge in [0.05, 0.1) is 11.3 Å². The van der Waals surface area contributed by atoms with Gasteiger partial charge in [-0.2, -0.15) is 0 Å². The van der Waals surface area contributed by atoms with E-state index in [4.69, 9.17) is 5.11 Å². The van der Waals surface area contributed by atoms with Gasteiger partial charge in [-0.15, -0.1) is 0 Å². The number of carbonyl (C=O) groups is 2. The summed E-state index contributed by atoms with van der Waals surface area (Å²) in [4.78, 5) is 32.0. The molecule has 1 rings (SSSR count). The predicted octanol–water partition coefficient (Wildman–Crippen LogP) is 1.89. The molecular weight excluding hydrogens is 226 g/mol. The minimum atomic E-state index is -1.05. The molecule has 0 radical (unpaired) electrons. The Hall–Kier alpha value is -2.24. The van der Waals surface area contributed by atoms with Gasteiger partial charge in [-0.3, -0.25) is 19.7 Å². The number of carboxylic acids is 1. The molecular formula is C11H11NO5. The topological polar surface area (TPSA) is 97.5 Å². The van der Waals surface area contributed by atoms with E-state index in [1.807, 2.05) is 0 Å². The minimum absolute atomic E-state index is 0.104. The van der Waals surface area contributed by atoms with Crippen LogP contribution in [0.3, 0.4) is 0 Å². The van der Waals surface area contributed by atoms with Crippen molar-refractivity contribution in [3.63, 3.8) is 0 Å². The molecule has 1 aromatic rings. The smallest absolute Gasteiger partial charge is 0.304 e. The number of ketones is 1. The Kier molecular flexibility index (Phi) is 3.92. The number of carboxylic acid groups (broad SMARTS) is 1. The Balaban J connectivity index is 2.82. The lowest BCUT2D eigenvalue weighted by Crippen LogP contribution is -2.15. The molecule has 0 spiro atoms. The van der Waals surface area contributed by atoms with Crippen molar-refractivity contribution in [3.8, 4) is 0 Å². The van der Waals surface area contributed by atoms with Crippen molar-refractivity contribution in [2.24, 2.45) is 5.92 Å². The first kappa shape index (κ1) is 12.8. The maximum absolute atomic E-state index is 11.7. The summed E-state index contributed by atoms with van der Waals surface area (Å²) in [5, 5.41) is 19.0. The van der Waals surface area contributed by atoms with Gasteiger partial charge in [-0.05, 0) is 12.1 Å². The number of benzene rings is 1. The highest BCUT2D eigenvalue weighted by atomic mass is 16.6. The van der Waals surface area contributed by atoms with Crippen molar-refractivity contribution in [1.82, 2.24) is 0 Å². The van der Waals surface area contributed by atoms with Gasteiger partial charge in [0.15, 0.2) is 5.78 Å². The zero-order valence-corrected chi connectivity index (χ0v) is 9.12. The van der Waals surface area contributed by atoms with Gasteiger partial charge in [0, 0.05) is 23.6 Å². The number of rotatable bonds is 5. The highest BCUT2D eigenvalue weighted by Crippen LogP contribution is 2.16. The van der Waals surface area contributed by atoms with Crippen molar-refractivity contribution < 1.29 is 19.6 Å². The first-order chi connectivity index (χ1) is 7.91. The maximum atomic E-state index is 11.7. The second-order valence-corrected chi connectivity index (χ2v) is 3.67. The van der Waals surface area contributed by atoms with Crippen LogP contribution in [-0.2, 0) is 4.79 Å². The quantitative estimate of drug-likeness (QED) is 0.479. The third-order valence-corrected chi connectivity index (χ3v) is 2.29. The fourth-order valence-electron chi connectivity index (χ4n) is 1.39. The summed E-state index contributed by atoms with van der Waals surface area (Å²) in [5.74, 6) is -2.02. The zero-order chi connectivity index (χ0) is 13.0. The first-order valence-corrected chi connectivity index (χ1v) is 4.92. The van der Waals surface area contributed by atoms with Crippen LogP contribution in [0.4, 0.5) is 5.69 Å². The number of Topliss-reactive ketones (excluding diaryl/α,β-unsaturated/α-hetero) is 1. The monoisotopic (exact) mass is 237 g/mol. The van der Waals surface area contributed by atoms with Crippen LogP contribution in [0.1, 0.15) is 23.7 Å². The van der Waals surface area contributed by atoms with Crippen molar-refractivity contribution in [2.75, 3.05) is 0 Å². The molecule has 1 N–H and O–H groups in total. The van der Waals surface area contributed by atoms with E-state index in [2.05, 4.69) is 0 Å². The normalized spacial score (nSPS) is 11.8. The number of nitro groups is 1. The zero-order valence-electron chi connectivity index (χ0n) is 9.12. The van der Waals surface area contributed by atoms with E-state index in [1.165, 1.54) is 31.2 Å². The van der Waals surface area contributed by atoms with E-state index in [-0.39, 0.29) is 23.5 Å². The van der Waals surface area contributed by atoms with Crippen LogP contribution in [0.25, 0.3) is 0 Å². The fourth-order valence-corrected chi connectivity index (χ4v) is 1.39. The van der Waals surface area contributed by atoms with Crippen LogP contribution in [0.15, 0.2) is 24.3 Å². The summed E-state index contributed by atoms with van der Waals surface area (Å²) in [5.41, 5.74) is 0.178. The van der Waals surface area contributed by atoms with Crippen LogP contribution in [0, 0.1) is 16.0 Å².